The predicted molar refractivity (Wildman–Crippen MR) is 132 cm³/mol. The summed E-state index contributed by atoms with van der Waals surface area (Å²) in [4.78, 5) is 31.5. The van der Waals surface area contributed by atoms with Crippen LogP contribution in [-0.2, 0) is 14.3 Å². The van der Waals surface area contributed by atoms with E-state index in [9.17, 15) is 9.59 Å². The minimum atomic E-state index is -0.629. The summed E-state index contributed by atoms with van der Waals surface area (Å²) < 4.78 is 10.5. The van der Waals surface area contributed by atoms with Gasteiger partial charge in [-0.15, -0.1) is 0 Å². The second kappa shape index (κ2) is 8.90. The molecule has 5 heteroatoms. The van der Waals surface area contributed by atoms with Gasteiger partial charge in [0.25, 0.3) is 0 Å². The van der Waals surface area contributed by atoms with E-state index in [2.05, 4.69) is 0 Å². The van der Waals surface area contributed by atoms with Crippen molar-refractivity contribution in [2.24, 2.45) is 10.9 Å². The number of nitrogens with zero attached hydrogens (tertiary/aromatic N) is 1. The number of aliphatic imine (C=N–C) groups is 1. The van der Waals surface area contributed by atoms with Crippen molar-refractivity contribution in [1.29, 1.82) is 0 Å². The Hall–Kier alpha value is -3.73. The molecule has 0 amide bonds. The number of rotatable bonds is 4. The molecule has 3 aromatic rings. The van der Waals surface area contributed by atoms with Gasteiger partial charge in [0.15, 0.2) is 5.78 Å². The van der Waals surface area contributed by atoms with Gasteiger partial charge in [-0.2, -0.15) is 0 Å². The van der Waals surface area contributed by atoms with E-state index in [1.807, 2.05) is 73.7 Å². The quantitative estimate of drug-likeness (QED) is 0.483. The van der Waals surface area contributed by atoms with Crippen molar-refractivity contribution < 1.29 is 19.1 Å². The molecule has 0 saturated carbocycles. The number of methoxy groups -OCH3 is 2. The van der Waals surface area contributed by atoms with Gasteiger partial charge in [0.1, 0.15) is 11.7 Å². The summed E-state index contributed by atoms with van der Waals surface area (Å²) in [6.45, 7) is 1.87. The normalized spacial score (nSPS) is 22.3. The molecule has 0 saturated heterocycles. The van der Waals surface area contributed by atoms with Crippen molar-refractivity contribution in [1.82, 2.24) is 0 Å². The van der Waals surface area contributed by atoms with Crippen molar-refractivity contribution in [2.75, 3.05) is 14.2 Å². The van der Waals surface area contributed by atoms with E-state index in [1.54, 1.807) is 7.11 Å². The van der Waals surface area contributed by atoms with Crippen LogP contribution in [-0.4, -0.2) is 31.7 Å². The van der Waals surface area contributed by atoms with Gasteiger partial charge in [-0.1, -0.05) is 54.6 Å². The topological polar surface area (TPSA) is 65.0 Å². The largest absolute Gasteiger partial charge is 0.497 e. The molecule has 0 spiro atoms. The molecule has 3 atom stereocenters. The lowest BCUT2D eigenvalue weighted by Crippen LogP contribution is -2.37. The molecule has 0 bridgehead atoms. The van der Waals surface area contributed by atoms with E-state index in [4.69, 9.17) is 14.5 Å². The highest BCUT2D eigenvalue weighted by molar-refractivity contribution is 6.10. The minimum absolute atomic E-state index is 0.0385. The summed E-state index contributed by atoms with van der Waals surface area (Å²) in [7, 11) is 3.03. The van der Waals surface area contributed by atoms with Crippen LogP contribution in [0.1, 0.15) is 42.7 Å². The van der Waals surface area contributed by atoms with Crippen LogP contribution in [0.2, 0.25) is 0 Å². The highest BCUT2D eigenvalue weighted by Crippen LogP contribution is 2.48. The first-order chi connectivity index (χ1) is 16.5. The summed E-state index contributed by atoms with van der Waals surface area (Å²) in [6.07, 6.45) is 1.04. The highest BCUT2D eigenvalue weighted by atomic mass is 16.5. The first kappa shape index (κ1) is 22.1. The number of ether oxygens (including phenoxy) is 2. The maximum Gasteiger partial charge on any atom is 0.315 e. The van der Waals surface area contributed by atoms with E-state index in [0.717, 1.165) is 33.3 Å². The molecule has 1 heterocycles. The maximum absolute atomic E-state index is 13.7. The van der Waals surface area contributed by atoms with Gasteiger partial charge in [-0.05, 0) is 53.3 Å². The summed E-state index contributed by atoms with van der Waals surface area (Å²) in [5.41, 5.74) is 4.18. The van der Waals surface area contributed by atoms with Crippen LogP contribution in [0.3, 0.4) is 0 Å². The Labute approximate surface area is 199 Å². The van der Waals surface area contributed by atoms with Gasteiger partial charge in [0.2, 0.25) is 0 Å². The van der Waals surface area contributed by atoms with Crippen LogP contribution in [0, 0.1) is 5.92 Å². The number of esters is 1. The lowest BCUT2D eigenvalue weighted by Gasteiger charge is -2.36. The molecule has 2 aliphatic rings. The average molecular weight is 454 g/mol. The summed E-state index contributed by atoms with van der Waals surface area (Å²) >= 11 is 0. The third kappa shape index (κ3) is 3.71. The molecule has 1 unspecified atom stereocenters. The molecule has 3 aromatic carbocycles. The van der Waals surface area contributed by atoms with Crippen LogP contribution < -0.4 is 4.74 Å². The Balaban J connectivity index is 1.64. The van der Waals surface area contributed by atoms with Crippen molar-refractivity contribution in [3.8, 4) is 5.75 Å². The molecular weight excluding hydrogens is 426 g/mol. The Morgan fingerprint density at radius 1 is 0.941 bits per heavy atom. The molecule has 1 aliphatic heterocycles. The van der Waals surface area contributed by atoms with Gasteiger partial charge in [0.05, 0.1) is 14.2 Å². The van der Waals surface area contributed by atoms with E-state index in [-0.39, 0.29) is 17.7 Å². The zero-order chi connectivity index (χ0) is 23.8. The van der Waals surface area contributed by atoms with E-state index in [0.29, 0.717) is 24.1 Å². The molecule has 5 rings (SSSR count). The van der Waals surface area contributed by atoms with Gasteiger partial charge in [-0.3, -0.25) is 14.6 Å². The van der Waals surface area contributed by atoms with Crippen LogP contribution in [0.25, 0.3) is 10.8 Å². The molecule has 34 heavy (non-hydrogen) atoms. The second-order valence-corrected chi connectivity index (χ2v) is 8.96. The van der Waals surface area contributed by atoms with Crippen molar-refractivity contribution >= 4 is 28.2 Å². The first-order valence-electron chi connectivity index (χ1n) is 11.5. The number of allylic oxidation sites excluding steroid dienone is 2. The third-order valence-corrected chi connectivity index (χ3v) is 7.09. The van der Waals surface area contributed by atoms with Crippen LogP contribution in [0.4, 0.5) is 0 Å². The van der Waals surface area contributed by atoms with Gasteiger partial charge in [-0.25, -0.2) is 0 Å². The second-order valence-electron chi connectivity index (χ2n) is 8.96. The molecule has 1 aliphatic carbocycles. The lowest BCUT2D eigenvalue weighted by molar-refractivity contribution is -0.143. The SMILES string of the molecule is COC(=O)C1C(C)=NC2=C(C(=O)C[C@@H](c3ccc(OC)cc3)C2)[C@H]1c1cccc2ccccc12. The monoisotopic (exact) mass is 453 g/mol. The first-order valence-corrected chi connectivity index (χ1v) is 11.5. The maximum atomic E-state index is 13.7. The molecule has 0 fully saturated rings. The fourth-order valence-electron chi connectivity index (χ4n) is 5.46. The number of carbonyl (C=O) groups is 2. The standard InChI is InChI=1S/C29H27NO4/c1-17-26(29(32)34-3)27(23-10-6-8-19-7-4-5-9-22(19)23)28-24(30-17)15-20(16-25(28)31)18-11-13-21(33-2)14-12-18/h4-14,20,26-27H,15-16H2,1-3H3/t20-,26?,27-/m0/s1. The summed E-state index contributed by atoms with van der Waals surface area (Å²) in [6, 6.07) is 22.0. The number of ketones is 1. The Bertz CT molecular complexity index is 1330. The molecule has 172 valence electrons. The molecular formula is C29H27NO4. The zero-order valence-electron chi connectivity index (χ0n) is 19.6. The Morgan fingerprint density at radius 3 is 2.41 bits per heavy atom. The molecule has 0 aromatic heterocycles. The number of benzene rings is 3. The number of carbonyl (C=O) groups excluding carboxylic acids is 2. The Kier molecular flexibility index (Phi) is 5.78. The third-order valence-electron chi connectivity index (χ3n) is 7.09. The van der Waals surface area contributed by atoms with Crippen LogP contribution in [0.15, 0.2) is 83.0 Å². The van der Waals surface area contributed by atoms with Crippen molar-refractivity contribution in [3.63, 3.8) is 0 Å². The zero-order valence-corrected chi connectivity index (χ0v) is 19.6. The van der Waals surface area contributed by atoms with E-state index in [1.165, 1.54) is 7.11 Å². The highest BCUT2D eigenvalue weighted by Gasteiger charge is 2.45. The average Bonchev–Trinajstić information content (AvgIpc) is 2.87. The van der Waals surface area contributed by atoms with E-state index < -0.39 is 11.8 Å². The summed E-state index contributed by atoms with van der Waals surface area (Å²) in [5.74, 6) is -0.543. The fourth-order valence-corrected chi connectivity index (χ4v) is 5.46. The smallest absolute Gasteiger partial charge is 0.315 e. The summed E-state index contributed by atoms with van der Waals surface area (Å²) in [5, 5.41) is 2.11. The number of fused-ring (bicyclic) bond motifs is 1. The molecule has 0 N–H and O–H groups in total. The van der Waals surface area contributed by atoms with Gasteiger partial charge < -0.3 is 9.47 Å². The molecule has 0 radical (unpaired) electrons. The van der Waals surface area contributed by atoms with Gasteiger partial charge in [0, 0.05) is 29.3 Å². The molecule has 5 nitrogen and oxygen atoms in total. The number of hydrogen-bond acceptors (Lipinski definition) is 5. The van der Waals surface area contributed by atoms with Crippen molar-refractivity contribution in [2.45, 2.75) is 31.6 Å². The van der Waals surface area contributed by atoms with E-state index >= 15 is 0 Å². The fraction of sp³-hybridized carbons (Fsp3) is 0.276. The minimum Gasteiger partial charge on any atom is -0.497 e. The van der Waals surface area contributed by atoms with Crippen LogP contribution >= 0.6 is 0 Å². The number of Topliss-reactive ketones (excluding diaryl/α,β-unsaturated/α-hetero) is 1. The van der Waals surface area contributed by atoms with Crippen molar-refractivity contribution in [3.05, 3.63) is 89.1 Å². The lowest BCUT2D eigenvalue weighted by atomic mass is 9.68. The van der Waals surface area contributed by atoms with Crippen LogP contribution in [0.5, 0.6) is 5.75 Å². The Morgan fingerprint density at radius 2 is 1.68 bits per heavy atom. The van der Waals surface area contributed by atoms with Gasteiger partial charge >= 0.3 is 5.97 Å². The number of hydrogen-bond donors (Lipinski definition) is 0. The predicted octanol–water partition coefficient (Wildman–Crippen LogP) is 5.60.